The molecule has 0 fully saturated rings. The summed E-state index contributed by atoms with van der Waals surface area (Å²) < 4.78 is 37.1. The van der Waals surface area contributed by atoms with E-state index in [1.807, 2.05) is 0 Å². The number of halogens is 3. The lowest BCUT2D eigenvalue weighted by molar-refractivity contribution is 0.140. The van der Waals surface area contributed by atoms with E-state index >= 15 is 0 Å². The molecule has 1 rings (SSSR count). The quantitative estimate of drug-likeness (QED) is 0.693. The second-order valence-electron chi connectivity index (χ2n) is 2.36. The minimum atomic E-state index is -3.03. The molecule has 0 aliphatic carbocycles. The first-order valence-electron chi connectivity index (χ1n) is 3.39. The Balaban J connectivity index is 3.35. The number of aliphatic hydroxyl groups is 1. The highest BCUT2D eigenvalue weighted by atomic mass is 19.3. The molecule has 72 valence electrons. The molecule has 3 N–H and O–H groups in total. The van der Waals surface area contributed by atoms with Crippen LogP contribution in [0, 0.1) is 5.95 Å². The van der Waals surface area contributed by atoms with E-state index in [1.165, 1.54) is 0 Å². The summed E-state index contributed by atoms with van der Waals surface area (Å²) in [5.41, 5.74) is 3.84. The number of aliphatic hydroxyl groups excluding tert-OH is 1. The molecule has 0 unspecified atom stereocenters. The van der Waals surface area contributed by atoms with Crippen LogP contribution < -0.4 is 5.73 Å². The Morgan fingerprint density at radius 1 is 1.54 bits per heavy atom. The molecule has 1 heterocycles. The maximum Gasteiger partial charge on any atom is 0.268 e. The zero-order chi connectivity index (χ0) is 10.0. The van der Waals surface area contributed by atoms with Crippen molar-refractivity contribution >= 4 is 5.69 Å². The molecular formula is C7H7F3N2O. The molecule has 0 saturated carbocycles. The van der Waals surface area contributed by atoms with E-state index in [1.54, 1.807) is 0 Å². The first kappa shape index (κ1) is 9.79. The Bertz CT molecular complexity index is 317. The van der Waals surface area contributed by atoms with E-state index in [-0.39, 0.29) is 11.3 Å². The average Bonchev–Trinajstić information content (AvgIpc) is 2.07. The SMILES string of the molecule is Nc1cnc(F)c(C(F)F)c1CO. The number of pyridine rings is 1. The van der Waals surface area contributed by atoms with Crippen LogP contribution in [0.1, 0.15) is 17.6 Å². The number of nitrogens with two attached hydrogens (primary N) is 1. The van der Waals surface area contributed by atoms with Gasteiger partial charge >= 0.3 is 0 Å². The molecule has 13 heavy (non-hydrogen) atoms. The third-order valence-electron chi connectivity index (χ3n) is 1.59. The Morgan fingerprint density at radius 3 is 2.54 bits per heavy atom. The molecule has 1 aromatic rings. The number of nitrogens with zero attached hydrogens (tertiary/aromatic N) is 1. The van der Waals surface area contributed by atoms with Gasteiger partial charge in [0.2, 0.25) is 5.95 Å². The molecule has 0 aliphatic rings. The predicted octanol–water partition coefficient (Wildman–Crippen LogP) is 1.23. The summed E-state index contributed by atoms with van der Waals surface area (Å²) in [7, 11) is 0. The summed E-state index contributed by atoms with van der Waals surface area (Å²) >= 11 is 0. The lowest BCUT2D eigenvalue weighted by Gasteiger charge is -2.08. The van der Waals surface area contributed by atoms with Crippen LogP contribution in [0.2, 0.25) is 0 Å². The third kappa shape index (κ3) is 1.72. The van der Waals surface area contributed by atoms with Crippen LogP contribution in [0.4, 0.5) is 18.9 Å². The van der Waals surface area contributed by atoms with E-state index in [2.05, 4.69) is 4.98 Å². The second kappa shape index (κ2) is 3.61. The summed E-state index contributed by atoms with van der Waals surface area (Å²) in [4.78, 5) is 3.03. The topological polar surface area (TPSA) is 59.1 Å². The van der Waals surface area contributed by atoms with Crippen molar-refractivity contribution in [3.63, 3.8) is 0 Å². The highest BCUT2D eigenvalue weighted by molar-refractivity contribution is 5.48. The largest absolute Gasteiger partial charge is 0.397 e. The maximum absolute atomic E-state index is 12.7. The van der Waals surface area contributed by atoms with Gasteiger partial charge in [0.15, 0.2) is 0 Å². The van der Waals surface area contributed by atoms with Crippen LogP contribution in [-0.2, 0) is 6.61 Å². The summed E-state index contributed by atoms with van der Waals surface area (Å²) in [5, 5.41) is 8.66. The summed E-state index contributed by atoms with van der Waals surface area (Å²) in [6, 6.07) is 0. The molecular weight excluding hydrogens is 185 g/mol. The maximum atomic E-state index is 12.7. The molecule has 0 amide bonds. The number of hydrogen-bond donors (Lipinski definition) is 2. The number of aromatic nitrogens is 1. The van der Waals surface area contributed by atoms with Gasteiger partial charge in [-0.3, -0.25) is 0 Å². The van der Waals surface area contributed by atoms with E-state index < -0.39 is 24.5 Å². The monoisotopic (exact) mass is 192 g/mol. The fourth-order valence-electron chi connectivity index (χ4n) is 0.952. The van der Waals surface area contributed by atoms with Gasteiger partial charge in [-0.15, -0.1) is 0 Å². The summed E-state index contributed by atoms with van der Waals surface area (Å²) in [6.07, 6.45) is -2.13. The van der Waals surface area contributed by atoms with E-state index in [0.29, 0.717) is 0 Å². The minimum absolute atomic E-state index is 0.140. The van der Waals surface area contributed by atoms with Crippen molar-refractivity contribution < 1.29 is 18.3 Å². The minimum Gasteiger partial charge on any atom is -0.397 e. The standard InChI is InChI=1S/C7H7F3N2O/c8-6(9)5-3(2-13)4(11)1-12-7(5)10/h1,6,13H,2,11H2. The van der Waals surface area contributed by atoms with Crippen LogP contribution in [0.3, 0.4) is 0 Å². The molecule has 0 aliphatic heterocycles. The van der Waals surface area contributed by atoms with Gasteiger partial charge < -0.3 is 10.8 Å². The molecule has 0 spiro atoms. The van der Waals surface area contributed by atoms with Gasteiger partial charge in [-0.1, -0.05) is 0 Å². The Kier molecular flexibility index (Phi) is 2.72. The van der Waals surface area contributed by atoms with Crippen molar-refractivity contribution in [2.45, 2.75) is 13.0 Å². The van der Waals surface area contributed by atoms with Crippen molar-refractivity contribution in [2.75, 3.05) is 5.73 Å². The molecule has 0 bridgehead atoms. The smallest absolute Gasteiger partial charge is 0.268 e. The van der Waals surface area contributed by atoms with Crippen molar-refractivity contribution in [3.05, 3.63) is 23.3 Å². The summed E-state index contributed by atoms with van der Waals surface area (Å²) in [5.74, 6) is -1.30. The van der Waals surface area contributed by atoms with Gasteiger partial charge in [-0.05, 0) is 0 Å². The predicted molar refractivity (Wildman–Crippen MR) is 39.5 cm³/mol. The molecule has 0 radical (unpaired) electrons. The fraction of sp³-hybridized carbons (Fsp3) is 0.286. The van der Waals surface area contributed by atoms with E-state index in [9.17, 15) is 13.2 Å². The van der Waals surface area contributed by atoms with Crippen molar-refractivity contribution in [3.8, 4) is 0 Å². The molecule has 0 atom stereocenters. The van der Waals surface area contributed by atoms with Crippen molar-refractivity contribution in [2.24, 2.45) is 0 Å². The third-order valence-corrected chi connectivity index (χ3v) is 1.59. The molecule has 3 nitrogen and oxygen atoms in total. The van der Waals surface area contributed by atoms with Crippen LogP contribution in [0.15, 0.2) is 6.20 Å². The van der Waals surface area contributed by atoms with Crippen molar-refractivity contribution in [1.29, 1.82) is 0 Å². The Labute approximate surface area is 72.0 Å². The lowest BCUT2D eigenvalue weighted by atomic mass is 10.1. The Morgan fingerprint density at radius 2 is 2.15 bits per heavy atom. The van der Waals surface area contributed by atoms with Crippen LogP contribution >= 0.6 is 0 Å². The van der Waals surface area contributed by atoms with Gasteiger partial charge in [0, 0.05) is 5.56 Å². The van der Waals surface area contributed by atoms with Gasteiger partial charge in [-0.25, -0.2) is 13.8 Å². The van der Waals surface area contributed by atoms with Gasteiger partial charge in [0.1, 0.15) is 0 Å². The van der Waals surface area contributed by atoms with E-state index in [0.717, 1.165) is 6.20 Å². The summed E-state index contributed by atoms with van der Waals surface area (Å²) in [6.45, 7) is -0.731. The normalized spacial score (nSPS) is 10.8. The van der Waals surface area contributed by atoms with Gasteiger partial charge in [0.25, 0.3) is 6.43 Å². The molecule has 0 aromatic carbocycles. The number of nitrogen functional groups attached to an aromatic ring is 1. The van der Waals surface area contributed by atoms with Gasteiger partial charge in [-0.2, -0.15) is 4.39 Å². The average molecular weight is 192 g/mol. The Hall–Kier alpha value is -1.30. The molecule has 1 aromatic heterocycles. The lowest BCUT2D eigenvalue weighted by Crippen LogP contribution is -2.05. The van der Waals surface area contributed by atoms with Gasteiger partial charge in [0.05, 0.1) is 24.1 Å². The highest BCUT2D eigenvalue weighted by Gasteiger charge is 2.20. The number of rotatable bonds is 2. The number of hydrogen-bond acceptors (Lipinski definition) is 3. The number of anilines is 1. The fourth-order valence-corrected chi connectivity index (χ4v) is 0.952. The highest BCUT2D eigenvalue weighted by Crippen LogP contribution is 2.28. The number of alkyl halides is 2. The van der Waals surface area contributed by atoms with Crippen LogP contribution in [0.5, 0.6) is 0 Å². The van der Waals surface area contributed by atoms with E-state index in [4.69, 9.17) is 10.8 Å². The second-order valence-corrected chi connectivity index (χ2v) is 2.36. The van der Waals surface area contributed by atoms with Crippen LogP contribution in [-0.4, -0.2) is 10.1 Å². The molecule has 6 heteroatoms. The zero-order valence-corrected chi connectivity index (χ0v) is 6.47. The van der Waals surface area contributed by atoms with Crippen LogP contribution in [0.25, 0.3) is 0 Å². The molecule has 0 saturated heterocycles. The zero-order valence-electron chi connectivity index (χ0n) is 6.47. The first-order chi connectivity index (χ1) is 6.07. The van der Waals surface area contributed by atoms with Crippen molar-refractivity contribution in [1.82, 2.24) is 4.98 Å². The first-order valence-corrected chi connectivity index (χ1v) is 3.39.